The van der Waals surface area contributed by atoms with E-state index in [4.69, 9.17) is 10.5 Å². The Balaban J connectivity index is 1.97. The van der Waals surface area contributed by atoms with Crippen LogP contribution in [0.5, 0.6) is 5.75 Å². The van der Waals surface area contributed by atoms with Crippen LogP contribution in [-0.4, -0.2) is 30.5 Å². The number of hydrogen-bond acceptors (Lipinski definition) is 3. The van der Waals surface area contributed by atoms with Crippen LogP contribution >= 0.6 is 15.9 Å². The van der Waals surface area contributed by atoms with Gasteiger partial charge in [-0.25, -0.2) is 0 Å². The van der Waals surface area contributed by atoms with Gasteiger partial charge in [0, 0.05) is 29.2 Å². The van der Waals surface area contributed by atoms with Crippen molar-refractivity contribution in [3.05, 3.63) is 28.2 Å². The van der Waals surface area contributed by atoms with E-state index in [2.05, 4.69) is 15.9 Å². The molecule has 116 valence electrons. The van der Waals surface area contributed by atoms with E-state index >= 15 is 0 Å². The maximum Gasteiger partial charge on any atom is 0.260 e. The molecule has 1 aliphatic rings. The van der Waals surface area contributed by atoms with E-state index in [1.807, 2.05) is 30.0 Å². The third-order valence-electron chi connectivity index (χ3n) is 3.77. The van der Waals surface area contributed by atoms with Gasteiger partial charge in [-0.3, -0.25) is 4.79 Å². The Morgan fingerprint density at radius 3 is 2.62 bits per heavy atom. The van der Waals surface area contributed by atoms with Crippen molar-refractivity contribution < 1.29 is 9.53 Å². The fraction of sp³-hybridized carbons (Fsp3) is 0.562. The first kappa shape index (κ1) is 16.3. The van der Waals surface area contributed by atoms with Gasteiger partial charge >= 0.3 is 0 Å². The van der Waals surface area contributed by atoms with E-state index in [1.165, 1.54) is 12.8 Å². The quantitative estimate of drug-likeness (QED) is 0.902. The number of amides is 1. The largest absolute Gasteiger partial charge is 0.483 e. The molecule has 0 spiro atoms. The lowest BCUT2D eigenvalue weighted by Crippen LogP contribution is -2.35. The summed E-state index contributed by atoms with van der Waals surface area (Å²) in [4.78, 5) is 14.1. The lowest BCUT2D eigenvalue weighted by molar-refractivity contribution is -0.133. The zero-order valence-corrected chi connectivity index (χ0v) is 14.1. The van der Waals surface area contributed by atoms with Gasteiger partial charge in [-0.05, 0) is 38.0 Å². The van der Waals surface area contributed by atoms with Crippen LogP contribution in [0.2, 0.25) is 0 Å². The molecule has 0 unspecified atom stereocenters. The monoisotopic (exact) mass is 354 g/mol. The summed E-state index contributed by atoms with van der Waals surface area (Å²) in [7, 11) is 0. The maximum absolute atomic E-state index is 12.2. The van der Waals surface area contributed by atoms with Crippen molar-refractivity contribution in [2.24, 2.45) is 5.73 Å². The van der Waals surface area contributed by atoms with Crippen molar-refractivity contribution in [3.8, 4) is 5.75 Å². The molecule has 1 aromatic rings. The van der Waals surface area contributed by atoms with E-state index < -0.39 is 0 Å². The summed E-state index contributed by atoms with van der Waals surface area (Å²) in [6, 6.07) is 5.57. The minimum absolute atomic E-state index is 0.0652. The average molecular weight is 355 g/mol. The van der Waals surface area contributed by atoms with Gasteiger partial charge in [0.1, 0.15) is 5.75 Å². The Morgan fingerprint density at radius 2 is 2.00 bits per heavy atom. The Kier molecular flexibility index (Phi) is 6.06. The van der Waals surface area contributed by atoms with Crippen LogP contribution in [0.4, 0.5) is 0 Å². The number of likely N-dealkylation sites (tertiary alicyclic amines) is 1. The van der Waals surface area contributed by atoms with Crippen LogP contribution in [-0.2, 0) is 4.79 Å². The van der Waals surface area contributed by atoms with Crippen LogP contribution in [0.1, 0.15) is 44.2 Å². The first-order valence-corrected chi connectivity index (χ1v) is 8.33. The molecule has 2 rings (SSSR count). The number of hydrogen-bond donors (Lipinski definition) is 1. The Hall–Kier alpha value is -1.07. The van der Waals surface area contributed by atoms with Crippen molar-refractivity contribution in [1.29, 1.82) is 0 Å². The number of nitrogens with two attached hydrogens (primary N) is 1. The number of carbonyl (C=O) groups is 1. The third kappa shape index (κ3) is 4.71. The van der Waals surface area contributed by atoms with Crippen molar-refractivity contribution in [3.63, 3.8) is 0 Å². The van der Waals surface area contributed by atoms with Gasteiger partial charge in [0.05, 0.1) is 0 Å². The minimum Gasteiger partial charge on any atom is -0.483 e. The maximum atomic E-state index is 12.2. The molecule has 1 saturated heterocycles. The third-order valence-corrected chi connectivity index (χ3v) is 4.27. The SMILES string of the molecule is C[C@@H](N)c1cc(Br)ccc1OCC(=O)N1CCCCCC1. The van der Waals surface area contributed by atoms with Crippen molar-refractivity contribution in [1.82, 2.24) is 4.90 Å². The molecule has 0 saturated carbocycles. The highest BCUT2D eigenvalue weighted by Gasteiger charge is 2.17. The molecule has 1 aliphatic heterocycles. The number of nitrogens with zero attached hydrogens (tertiary/aromatic N) is 1. The number of carbonyl (C=O) groups excluding carboxylic acids is 1. The second-order valence-electron chi connectivity index (χ2n) is 5.55. The molecule has 0 bridgehead atoms. The molecule has 21 heavy (non-hydrogen) atoms. The van der Waals surface area contributed by atoms with Gasteiger partial charge in [-0.15, -0.1) is 0 Å². The van der Waals surface area contributed by atoms with Gasteiger partial charge < -0.3 is 15.4 Å². The van der Waals surface area contributed by atoms with E-state index in [1.54, 1.807) is 0 Å². The molecule has 1 atom stereocenters. The minimum atomic E-state index is -0.134. The summed E-state index contributed by atoms with van der Waals surface area (Å²) < 4.78 is 6.68. The lowest BCUT2D eigenvalue weighted by Gasteiger charge is -2.21. The van der Waals surface area contributed by atoms with E-state index in [0.717, 1.165) is 36.0 Å². The standard InChI is InChI=1S/C16H23BrN2O2/c1-12(18)14-10-13(17)6-7-15(14)21-11-16(20)19-8-4-2-3-5-9-19/h6-7,10,12H,2-5,8-9,11,18H2,1H3/t12-/m1/s1. The smallest absolute Gasteiger partial charge is 0.260 e. The summed E-state index contributed by atoms with van der Waals surface area (Å²) in [6.07, 6.45) is 4.61. The second-order valence-corrected chi connectivity index (χ2v) is 6.47. The summed E-state index contributed by atoms with van der Waals surface area (Å²) in [5.41, 5.74) is 6.87. The highest BCUT2D eigenvalue weighted by atomic mass is 79.9. The molecular formula is C16H23BrN2O2. The van der Waals surface area contributed by atoms with Gasteiger partial charge in [-0.2, -0.15) is 0 Å². The fourth-order valence-electron chi connectivity index (χ4n) is 2.56. The van der Waals surface area contributed by atoms with Crippen LogP contribution < -0.4 is 10.5 Å². The van der Waals surface area contributed by atoms with E-state index in [-0.39, 0.29) is 18.6 Å². The summed E-state index contributed by atoms with van der Waals surface area (Å²) in [6.45, 7) is 3.69. The zero-order valence-electron chi connectivity index (χ0n) is 12.5. The molecule has 0 radical (unpaired) electrons. The van der Waals surface area contributed by atoms with Crippen LogP contribution in [0.25, 0.3) is 0 Å². The van der Waals surface area contributed by atoms with Gasteiger partial charge in [-0.1, -0.05) is 28.8 Å². The van der Waals surface area contributed by atoms with Crippen molar-refractivity contribution in [2.45, 2.75) is 38.6 Å². The molecule has 4 nitrogen and oxygen atoms in total. The normalized spacial score (nSPS) is 17.2. The lowest BCUT2D eigenvalue weighted by atomic mass is 10.1. The molecule has 1 heterocycles. The van der Waals surface area contributed by atoms with Gasteiger partial charge in [0.2, 0.25) is 0 Å². The van der Waals surface area contributed by atoms with E-state index in [9.17, 15) is 4.79 Å². The van der Waals surface area contributed by atoms with Crippen LogP contribution in [0, 0.1) is 0 Å². The molecular weight excluding hydrogens is 332 g/mol. The molecule has 2 N–H and O–H groups in total. The number of rotatable bonds is 4. The number of halogens is 1. The Labute approximate surface area is 134 Å². The predicted octanol–water partition coefficient (Wildman–Crippen LogP) is 3.25. The van der Waals surface area contributed by atoms with Crippen LogP contribution in [0.3, 0.4) is 0 Å². The number of ether oxygens (including phenoxy) is 1. The molecule has 1 amide bonds. The van der Waals surface area contributed by atoms with Gasteiger partial charge in [0.25, 0.3) is 5.91 Å². The first-order chi connectivity index (χ1) is 10.1. The zero-order chi connectivity index (χ0) is 15.2. The molecule has 1 fully saturated rings. The highest BCUT2D eigenvalue weighted by Crippen LogP contribution is 2.27. The Morgan fingerprint density at radius 1 is 1.33 bits per heavy atom. The average Bonchev–Trinajstić information content (AvgIpc) is 2.74. The van der Waals surface area contributed by atoms with E-state index in [0.29, 0.717) is 5.75 Å². The first-order valence-electron chi connectivity index (χ1n) is 7.53. The molecule has 1 aromatic carbocycles. The summed E-state index contributed by atoms with van der Waals surface area (Å²) >= 11 is 3.43. The predicted molar refractivity (Wildman–Crippen MR) is 87.3 cm³/mol. The van der Waals surface area contributed by atoms with Crippen molar-refractivity contribution >= 4 is 21.8 Å². The highest BCUT2D eigenvalue weighted by molar-refractivity contribution is 9.10. The molecule has 5 heteroatoms. The number of benzene rings is 1. The molecule has 0 aromatic heterocycles. The van der Waals surface area contributed by atoms with Crippen LogP contribution in [0.15, 0.2) is 22.7 Å². The summed E-state index contributed by atoms with van der Waals surface area (Å²) in [5, 5.41) is 0. The fourth-order valence-corrected chi connectivity index (χ4v) is 2.94. The topological polar surface area (TPSA) is 55.6 Å². The second kappa shape index (κ2) is 7.80. The Bertz CT molecular complexity index is 483. The molecule has 0 aliphatic carbocycles. The summed E-state index contributed by atoms with van der Waals surface area (Å²) in [5.74, 6) is 0.756. The van der Waals surface area contributed by atoms with Gasteiger partial charge in [0.15, 0.2) is 6.61 Å². The van der Waals surface area contributed by atoms with Crippen molar-refractivity contribution in [2.75, 3.05) is 19.7 Å².